The van der Waals surface area contributed by atoms with Crippen molar-refractivity contribution in [3.63, 3.8) is 0 Å². The van der Waals surface area contributed by atoms with Crippen LogP contribution in [0.3, 0.4) is 0 Å². The van der Waals surface area contributed by atoms with E-state index < -0.39 is 15.9 Å². The van der Waals surface area contributed by atoms with Crippen LogP contribution < -0.4 is 9.46 Å². The molecule has 4 rings (SSSR count). The summed E-state index contributed by atoms with van der Waals surface area (Å²) in [6.45, 7) is 1.93. The molecule has 0 aromatic heterocycles. The molecule has 0 unspecified atom stereocenters. The van der Waals surface area contributed by atoms with Gasteiger partial charge >= 0.3 is 0 Å². The summed E-state index contributed by atoms with van der Waals surface area (Å²) < 4.78 is 34.9. The first kappa shape index (κ1) is 29.0. The SMILES string of the molecule is C#CCN(C(=O)c1cc(Cl)ccc1NS(=O)(=O)c1ccc(Oc2ccccc2Cl)cc1)[C@@H](C)Cc1ccccc1. The molecule has 0 aliphatic carbocycles. The van der Waals surface area contributed by atoms with Gasteiger partial charge in [-0.05, 0) is 73.5 Å². The normalized spacial score (nSPS) is 11.8. The number of nitrogens with zero attached hydrogens (tertiary/aromatic N) is 1. The standard InChI is InChI=1S/C31H26Cl2N2O4S/c1-3-19-35(22(2)20-23-9-5-4-6-10-23)31(36)27-21-24(32)13-18-29(27)34-40(37,38)26-16-14-25(15-17-26)39-30-12-8-7-11-28(30)33/h1,4-18,21-22,34H,19-20H2,2H3/t22-/m0/s1. The lowest BCUT2D eigenvalue weighted by atomic mass is 10.0. The molecule has 9 heteroatoms. The van der Waals surface area contributed by atoms with E-state index in [1.807, 2.05) is 37.3 Å². The van der Waals surface area contributed by atoms with Crippen molar-refractivity contribution in [1.29, 1.82) is 0 Å². The molecule has 40 heavy (non-hydrogen) atoms. The Kier molecular flexibility index (Phi) is 9.38. The summed E-state index contributed by atoms with van der Waals surface area (Å²) in [6.07, 6.45) is 6.16. The highest BCUT2D eigenvalue weighted by Crippen LogP contribution is 2.30. The number of carbonyl (C=O) groups is 1. The van der Waals surface area contributed by atoms with Crippen LogP contribution in [0.4, 0.5) is 5.69 Å². The lowest BCUT2D eigenvalue weighted by Gasteiger charge is -2.28. The van der Waals surface area contributed by atoms with Gasteiger partial charge in [0.05, 0.1) is 27.7 Å². The van der Waals surface area contributed by atoms with E-state index in [9.17, 15) is 13.2 Å². The first-order valence-corrected chi connectivity index (χ1v) is 14.5. The summed E-state index contributed by atoms with van der Waals surface area (Å²) >= 11 is 12.4. The molecule has 1 atom stereocenters. The number of nitrogens with one attached hydrogen (secondary N) is 1. The lowest BCUT2D eigenvalue weighted by Crippen LogP contribution is -2.40. The predicted octanol–water partition coefficient (Wildman–Crippen LogP) is 7.29. The third-order valence-electron chi connectivity index (χ3n) is 6.08. The molecule has 0 heterocycles. The van der Waals surface area contributed by atoms with E-state index in [0.29, 0.717) is 22.9 Å². The highest BCUT2D eigenvalue weighted by Gasteiger charge is 2.26. The second-order valence-corrected chi connectivity index (χ2v) is 11.5. The molecular weight excluding hydrogens is 567 g/mol. The van der Waals surface area contributed by atoms with Crippen molar-refractivity contribution < 1.29 is 17.9 Å². The van der Waals surface area contributed by atoms with Gasteiger partial charge < -0.3 is 9.64 Å². The molecule has 0 spiro atoms. The second kappa shape index (κ2) is 12.9. The Hall–Kier alpha value is -3.96. The van der Waals surface area contributed by atoms with Crippen LogP contribution in [0.1, 0.15) is 22.8 Å². The number of sulfonamides is 1. The van der Waals surface area contributed by atoms with E-state index in [-0.39, 0.29) is 33.8 Å². The molecule has 0 radical (unpaired) electrons. The Morgan fingerprint density at radius 3 is 2.33 bits per heavy atom. The molecule has 0 saturated carbocycles. The minimum atomic E-state index is -4.07. The van der Waals surface area contributed by atoms with Crippen LogP contribution in [-0.4, -0.2) is 31.8 Å². The monoisotopic (exact) mass is 592 g/mol. The van der Waals surface area contributed by atoms with Gasteiger partial charge in [0.2, 0.25) is 0 Å². The molecule has 0 fully saturated rings. The van der Waals surface area contributed by atoms with Gasteiger partial charge in [0.15, 0.2) is 0 Å². The largest absolute Gasteiger partial charge is 0.456 e. The second-order valence-electron chi connectivity index (χ2n) is 8.98. The number of rotatable bonds is 10. The number of carbonyl (C=O) groups excluding carboxylic acids is 1. The number of terminal acetylenes is 1. The minimum absolute atomic E-state index is 0.0229. The van der Waals surface area contributed by atoms with Gasteiger partial charge in [0.1, 0.15) is 11.5 Å². The summed E-state index contributed by atoms with van der Waals surface area (Å²) in [6, 6.07) is 26.6. The topological polar surface area (TPSA) is 75.7 Å². The third kappa shape index (κ3) is 7.16. The average Bonchev–Trinajstić information content (AvgIpc) is 2.94. The summed E-state index contributed by atoms with van der Waals surface area (Å²) in [5.74, 6) is 2.95. The van der Waals surface area contributed by atoms with E-state index in [2.05, 4.69) is 10.6 Å². The number of para-hydroxylation sites is 1. The van der Waals surface area contributed by atoms with Gasteiger partial charge in [-0.2, -0.15) is 0 Å². The van der Waals surface area contributed by atoms with E-state index in [1.54, 1.807) is 24.3 Å². The molecule has 0 bridgehead atoms. The smallest absolute Gasteiger partial charge is 0.261 e. The Balaban J connectivity index is 1.57. The predicted molar refractivity (Wildman–Crippen MR) is 160 cm³/mol. The quantitative estimate of drug-likeness (QED) is 0.196. The van der Waals surface area contributed by atoms with Gasteiger partial charge in [-0.3, -0.25) is 9.52 Å². The van der Waals surface area contributed by atoms with E-state index in [4.69, 9.17) is 34.4 Å². The number of hydrogen-bond acceptors (Lipinski definition) is 4. The molecule has 0 aliphatic rings. The molecule has 0 saturated heterocycles. The fourth-order valence-corrected chi connectivity index (χ4v) is 5.50. The van der Waals surface area contributed by atoms with Crippen molar-refractivity contribution in [2.75, 3.05) is 11.3 Å². The van der Waals surface area contributed by atoms with Crippen molar-refractivity contribution in [2.45, 2.75) is 24.3 Å². The van der Waals surface area contributed by atoms with Crippen molar-refractivity contribution in [1.82, 2.24) is 4.90 Å². The Morgan fingerprint density at radius 1 is 0.975 bits per heavy atom. The van der Waals surface area contributed by atoms with Gasteiger partial charge in [-0.1, -0.05) is 71.6 Å². The summed E-state index contributed by atoms with van der Waals surface area (Å²) in [4.78, 5) is 15.2. The fraction of sp³-hybridized carbons (Fsp3) is 0.129. The molecule has 6 nitrogen and oxygen atoms in total. The molecule has 204 valence electrons. The van der Waals surface area contributed by atoms with Crippen LogP contribution >= 0.6 is 23.2 Å². The number of hydrogen-bond donors (Lipinski definition) is 1. The van der Waals surface area contributed by atoms with Crippen molar-refractivity contribution in [3.05, 3.63) is 118 Å². The third-order valence-corrected chi connectivity index (χ3v) is 8.01. The van der Waals surface area contributed by atoms with Crippen LogP contribution in [-0.2, 0) is 16.4 Å². The maximum Gasteiger partial charge on any atom is 0.261 e. The highest BCUT2D eigenvalue weighted by molar-refractivity contribution is 7.92. The van der Waals surface area contributed by atoms with Crippen molar-refractivity contribution in [2.24, 2.45) is 0 Å². The Bertz CT molecular complexity index is 1640. The summed E-state index contributed by atoms with van der Waals surface area (Å²) in [7, 11) is -4.07. The van der Waals surface area contributed by atoms with Crippen LogP contribution in [0.15, 0.2) is 102 Å². The maximum atomic E-state index is 13.7. The zero-order valence-corrected chi connectivity index (χ0v) is 23.9. The molecule has 4 aromatic carbocycles. The zero-order chi connectivity index (χ0) is 28.7. The van der Waals surface area contributed by atoms with E-state index in [1.165, 1.54) is 47.4 Å². The summed E-state index contributed by atoms with van der Waals surface area (Å²) in [5, 5.41) is 0.710. The average molecular weight is 594 g/mol. The number of anilines is 1. The number of amides is 1. The van der Waals surface area contributed by atoms with Crippen molar-refractivity contribution >= 4 is 44.8 Å². The van der Waals surface area contributed by atoms with Crippen LogP contribution in [0.25, 0.3) is 0 Å². The fourth-order valence-electron chi connectivity index (χ4n) is 4.07. The maximum absolute atomic E-state index is 13.7. The molecule has 4 aromatic rings. The summed E-state index contributed by atoms with van der Waals surface area (Å²) in [5.41, 5.74) is 1.21. The molecule has 1 N–H and O–H groups in total. The Labute approximate surface area is 244 Å². The first-order valence-electron chi connectivity index (χ1n) is 12.3. The highest BCUT2D eigenvalue weighted by atomic mass is 35.5. The van der Waals surface area contributed by atoms with Gasteiger partial charge in [-0.15, -0.1) is 6.42 Å². The molecule has 1 amide bonds. The lowest BCUT2D eigenvalue weighted by molar-refractivity contribution is 0.0720. The zero-order valence-electron chi connectivity index (χ0n) is 21.6. The van der Waals surface area contributed by atoms with E-state index >= 15 is 0 Å². The van der Waals surface area contributed by atoms with Gasteiger partial charge in [0.25, 0.3) is 15.9 Å². The first-order chi connectivity index (χ1) is 19.2. The van der Waals surface area contributed by atoms with Crippen LogP contribution in [0.2, 0.25) is 10.0 Å². The number of benzene rings is 4. The van der Waals surface area contributed by atoms with Gasteiger partial charge in [-0.25, -0.2) is 8.42 Å². The van der Waals surface area contributed by atoms with Crippen molar-refractivity contribution in [3.8, 4) is 23.8 Å². The van der Waals surface area contributed by atoms with Gasteiger partial charge in [0, 0.05) is 11.1 Å². The van der Waals surface area contributed by atoms with Crippen LogP contribution in [0, 0.1) is 12.3 Å². The molecular formula is C31H26Cl2N2O4S. The minimum Gasteiger partial charge on any atom is -0.456 e. The molecule has 0 aliphatic heterocycles. The Morgan fingerprint density at radius 2 is 1.65 bits per heavy atom. The van der Waals surface area contributed by atoms with Crippen LogP contribution in [0.5, 0.6) is 11.5 Å². The van der Waals surface area contributed by atoms with E-state index in [0.717, 1.165) is 5.56 Å². The number of halogens is 2. The number of ether oxygens (including phenoxy) is 1.